The van der Waals surface area contributed by atoms with E-state index in [1.54, 1.807) is 12.1 Å². The topological polar surface area (TPSA) is 26.3 Å². The van der Waals surface area contributed by atoms with Crippen molar-refractivity contribution in [1.29, 1.82) is 0 Å². The maximum absolute atomic E-state index is 13.2. The van der Waals surface area contributed by atoms with Crippen molar-refractivity contribution in [3.8, 4) is 0 Å². The monoisotopic (exact) mass is 208 g/mol. The van der Waals surface area contributed by atoms with Crippen molar-refractivity contribution in [3.63, 3.8) is 0 Å². The average molecular weight is 208 g/mol. The zero-order chi connectivity index (χ0) is 10.7. The standard InChI is InChI=1S/C12H13FO2/c13-11-4-2-1-3-10(11)12(14)8-15-7-9-5-6-9/h1-4,9H,5-8H2. The van der Waals surface area contributed by atoms with Crippen LogP contribution in [0.3, 0.4) is 0 Å². The van der Waals surface area contributed by atoms with Gasteiger partial charge in [-0.25, -0.2) is 4.39 Å². The van der Waals surface area contributed by atoms with Crippen molar-refractivity contribution in [2.45, 2.75) is 12.8 Å². The summed E-state index contributed by atoms with van der Waals surface area (Å²) in [6.45, 7) is 0.609. The molecule has 0 aromatic heterocycles. The lowest BCUT2D eigenvalue weighted by atomic mass is 10.1. The van der Waals surface area contributed by atoms with E-state index in [1.807, 2.05) is 0 Å². The molecule has 1 aromatic carbocycles. The number of rotatable bonds is 5. The summed E-state index contributed by atoms with van der Waals surface area (Å²) >= 11 is 0. The van der Waals surface area contributed by atoms with Crippen molar-refractivity contribution in [2.24, 2.45) is 5.92 Å². The Morgan fingerprint density at radius 1 is 1.40 bits per heavy atom. The third kappa shape index (κ3) is 2.86. The number of hydrogen-bond donors (Lipinski definition) is 0. The summed E-state index contributed by atoms with van der Waals surface area (Å²) < 4.78 is 18.4. The molecule has 1 fully saturated rings. The SMILES string of the molecule is O=C(COCC1CC1)c1ccccc1F. The summed E-state index contributed by atoms with van der Waals surface area (Å²) in [6.07, 6.45) is 2.38. The molecule has 15 heavy (non-hydrogen) atoms. The predicted molar refractivity (Wildman–Crippen MR) is 54.3 cm³/mol. The van der Waals surface area contributed by atoms with Crippen molar-refractivity contribution >= 4 is 5.78 Å². The minimum absolute atomic E-state index is 0.0164. The van der Waals surface area contributed by atoms with Gasteiger partial charge < -0.3 is 4.74 Å². The second-order valence-electron chi connectivity index (χ2n) is 3.86. The molecule has 0 heterocycles. The highest BCUT2D eigenvalue weighted by molar-refractivity contribution is 5.97. The lowest BCUT2D eigenvalue weighted by molar-refractivity contribution is 0.0736. The lowest BCUT2D eigenvalue weighted by Gasteiger charge is -2.03. The second kappa shape index (κ2) is 4.53. The van der Waals surface area contributed by atoms with Gasteiger partial charge in [-0.3, -0.25) is 4.79 Å². The van der Waals surface area contributed by atoms with Gasteiger partial charge in [-0.05, 0) is 30.9 Å². The molecule has 3 heteroatoms. The van der Waals surface area contributed by atoms with Crippen LogP contribution >= 0.6 is 0 Å². The molecule has 0 saturated heterocycles. The van der Waals surface area contributed by atoms with Crippen LogP contribution in [0, 0.1) is 11.7 Å². The fraction of sp³-hybridized carbons (Fsp3) is 0.417. The van der Waals surface area contributed by atoms with Gasteiger partial charge in [0.15, 0.2) is 5.78 Å². The third-order valence-corrected chi connectivity index (χ3v) is 2.46. The van der Waals surface area contributed by atoms with Crippen LogP contribution in [-0.2, 0) is 4.74 Å². The summed E-state index contributed by atoms with van der Waals surface area (Å²) in [6, 6.07) is 5.99. The fourth-order valence-corrected chi connectivity index (χ4v) is 1.37. The van der Waals surface area contributed by atoms with Crippen molar-refractivity contribution in [1.82, 2.24) is 0 Å². The zero-order valence-corrected chi connectivity index (χ0v) is 8.41. The number of Topliss-reactive ketones (excluding diaryl/α,β-unsaturated/α-hetero) is 1. The number of ether oxygens (including phenoxy) is 1. The van der Waals surface area contributed by atoms with Crippen LogP contribution in [0.2, 0.25) is 0 Å². The Kier molecular flexibility index (Phi) is 3.11. The van der Waals surface area contributed by atoms with Crippen LogP contribution in [0.25, 0.3) is 0 Å². The Morgan fingerprint density at radius 2 is 2.13 bits per heavy atom. The molecule has 1 aromatic rings. The average Bonchev–Trinajstić information content (AvgIpc) is 3.02. The summed E-state index contributed by atoms with van der Waals surface area (Å²) in [5.41, 5.74) is 0.119. The van der Waals surface area contributed by atoms with E-state index >= 15 is 0 Å². The lowest BCUT2D eigenvalue weighted by Crippen LogP contribution is -2.12. The van der Waals surface area contributed by atoms with Gasteiger partial charge in [0.05, 0.1) is 12.2 Å². The van der Waals surface area contributed by atoms with Gasteiger partial charge in [0, 0.05) is 0 Å². The number of carbonyl (C=O) groups excluding carboxylic acids is 1. The van der Waals surface area contributed by atoms with Gasteiger partial charge in [-0.15, -0.1) is 0 Å². The first-order valence-electron chi connectivity index (χ1n) is 5.13. The largest absolute Gasteiger partial charge is 0.373 e. The molecule has 2 rings (SSSR count). The summed E-state index contributed by atoms with van der Waals surface area (Å²) in [7, 11) is 0. The highest BCUT2D eigenvalue weighted by atomic mass is 19.1. The van der Waals surface area contributed by atoms with Gasteiger partial charge in [0.2, 0.25) is 0 Å². The molecule has 1 aliphatic rings. The van der Waals surface area contributed by atoms with Gasteiger partial charge >= 0.3 is 0 Å². The van der Waals surface area contributed by atoms with E-state index in [9.17, 15) is 9.18 Å². The van der Waals surface area contributed by atoms with Crippen LogP contribution in [-0.4, -0.2) is 19.0 Å². The first-order valence-corrected chi connectivity index (χ1v) is 5.13. The Morgan fingerprint density at radius 3 is 2.80 bits per heavy atom. The predicted octanol–water partition coefficient (Wildman–Crippen LogP) is 2.44. The maximum atomic E-state index is 13.2. The molecule has 0 radical (unpaired) electrons. The fourth-order valence-electron chi connectivity index (χ4n) is 1.37. The quantitative estimate of drug-likeness (QED) is 0.695. The molecule has 0 spiro atoms. The number of carbonyl (C=O) groups is 1. The summed E-state index contributed by atoms with van der Waals surface area (Å²) in [5.74, 6) is -0.135. The Hall–Kier alpha value is -1.22. The maximum Gasteiger partial charge on any atom is 0.191 e. The minimum atomic E-state index is -0.475. The van der Waals surface area contributed by atoms with E-state index in [0.717, 1.165) is 0 Å². The third-order valence-electron chi connectivity index (χ3n) is 2.46. The van der Waals surface area contributed by atoms with E-state index in [4.69, 9.17) is 4.74 Å². The Balaban J connectivity index is 1.86. The molecule has 0 aliphatic heterocycles. The number of halogens is 1. The smallest absolute Gasteiger partial charge is 0.191 e. The van der Waals surface area contributed by atoms with E-state index in [-0.39, 0.29) is 18.0 Å². The first kappa shape index (κ1) is 10.3. The molecule has 0 bridgehead atoms. The molecule has 2 nitrogen and oxygen atoms in total. The highest BCUT2D eigenvalue weighted by Crippen LogP contribution is 2.28. The van der Waals surface area contributed by atoms with E-state index in [1.165, 1.54) is 25.0 Å². The molecular formula is C12H13FO2. The first-order chi connectivity index (χ1) is 7.27. The number of benzene rings is 1. The van der Waals surface area contributed by atoms with Crippen LogP contribution in [0.4, 0.5) is 4.39 Å². The number of hydrogen-bond acceptors (Lipinski definition) is 2. The van der Waals surface area contributed by atoms with Crippen molar-refractivity contribution in [2.75, 3.05) is 13.2 Å². The van der Waals surface area contributed by atoms with Crippen molar-refractivity contribution in [3.05, 3.63) is 35.6 Å². The summed E-state index contributed by atoms with van der Waals surface area (Å²) in [4.78, 5) is 11.5. The molecule has 0 N–H and O–H groups in total. The minimum Gasteiger partial charge on any atom is -0.373 e. The zero-order valence-electron chi connectivity index (χ0n) is 8.41. The molecular weight excluding hydrogens is 195 g/mol. The number of ketones is 1. The van der Waals surface area contributed by atoms with Crippen LogP contribution in [0.1, 0.15) is 23.2 Å². The Bertz CT molecular complexity index is 358. The van der Waals surface area contributed by atoms with E-state index < -0.39 is 5.82 Å². The van der Waals surface area contributed by atoms with Gasteiger partial charge in [0.1, 0.15) is 12.4 Å². The van der Waals surface area contributed by atoms with Gasteiger partial charge in [-0.1, -0.05) is 12.1 Å². The molecule has 0 unspecified atom stereocenters. The molecule has 0 atom stereocenters. The normalized spacial score (nSPS) is 15.3. The van der Waals surface area contributed by atoms with Crippen LogP contribution < -0.4 is 0 Å². The van der Waals surface area contributed by atoms with Gasteiger partial charge in [0.25, 0.3) is 0 Å². The molecule has 1 saturated carbocycles. The Labute approximate surface area is 88.1 Å². The van der Waals surface area contributed by atoms with Crippen molar-refractivity contribution < 1.29 is 13.9 Å². The highest BCUT2D eigenvalue weighted by Gasteiger charge is 2.21. The molecule has 0 amide bonds. The van der Waals surface area contributed by atoms with Crippen LogP contribution in [0.5, 0.6) is 0 Å². The second-order valence-corrected chi connectivity index (χ2v) is 3.86. The van der Waals surface area contributed by atoms with Crippen LogP contribution in [0.15, 0.2) is 24.3 Å². The van der Waals surface area contributed by atoms with E-state index in [0.29, 0.717) is 12.5 Å². The van der Waals surface area contributed by atoms with Gasteiger partial charge in [-0.2, -0.15) is 0 Å². The van der Waals surface area contributed by atoms with E-state index in [2.05, 4.69) is 0 Å². The molecule has 80 valence electrons. The molecule has 1 aliphatic carbocycles. The summed E-state index contributed by atoms with van der Waals surface area (Å²) in [5, 5.41) is 0.